The fourth-order valence-corrected chi connectivity index (χ4v) is 3.39. The molecule has 0 aliphatic rings. The number of carbonyl (C=O) groups is 1. The minimum absolute atomic E-state index is 0.108. The third kappa shape index (κ3) is 4.76. The Morgan fingerprint density at radius 1 is 1.20 bits per heavy atom. The van der Waals surface area contributed by atoms with Crippen molar-refractivity contribution >= 4 is 62.5 Å². The minimum Gasteiger partial charge on any atom is -0.411 e. The van der Waals surface area contributed by atoms with Crippen molar-refractivity contribution in [2.45, 2.75) is 5.22 Å². The molecule has 0 fully saturated rings. The van der Waals surface area contributed by atoms with Crippen LogP contribution in [-0.4, -0.2) is 21.9 Å². The molecule has 3 rings (SSSR count). The summed E-state index contributed by atoms with van der Waals surface area (Å²) in [6.45, 7) is 0. The van der Waals surface area contributed by atoms with Crippen LogP contribution in [0.15, 0.2) is 56.6 Å². The molecule has 1 heterocycles. The van der Waals surface area contributed by atoms with Crippen LogP contribution in [0.3, 0.4) is 0 Å². The molecular formula is C16H10BrCl2N3O2S. The van der Waals surface area contributed by atoms with Crippen molar-refractivity contribution in [2.24, 2.45) is 0 Å². The van der Waals surface area contributed by atoms with Gasteiger partial charge < -0.3 is 9.73 Å². The molecule has 0 radical (unpaired) electrons. The third-order valence-corrected chi connectivity index (χ3v) is 5.10. The van der Waals surface area contributed by atoms with Gasteiger partial charge in [-0.05, 0) is 46.3 Å². The first-order valence-electron chi connectivity index (χ1n) is 6.99. The van der Waals surface area contributed by atoms with Crippen molar-refractivity contribution in [1.29, 1.82) is 0 Å². The molecule has 9 heteroatoms. The van der Waals surface area contributed by atoms with Crippen LogP contribution in [0.25, 0.3) is 11.5 Å². The Balaban J connectivity index is 1.60. The first-order valence-corrected chi connectivity index (χ1v) is 9.52. The highest BCUT2D eigenvalue weighted by atomic mass is 79.9. The molecule has 5 nitrogen and oxygen atoms in total. The average Bonchev–Trinajstić information content (AvgIpc) is 3.05. The number of carbonyl (C=O) groups excluding carboxylic acids is 1. The summed E-state index contributed by atoms with van der Waals surface area (Å²) in [5.74, 6) is 0.252. The topological polar surface area (TPSA) is 68.0 Å². The Morgan fingerprint density at radius 3 is 2.76 bits per heavy atom. The van der Waals surface area contributed by atoms with Gasteiger partial charge in [0.25, 0.3) is 5.22 Å². The first kappa shape index (κ1) is 18.3. The molecule has 0 aliphatic heterocycles. The fourth-order valence-electron chi connectivity index (χ4n) is 1.92. The van der Waals surface area contributed by atoms with Crippen molar-refractivity contribution in [2.75, 3.05) is 11.1 Å². The molecule has 3 aromatic rings. The van der Waals surface area contributed by atoms with Gasteiger partial charge in [-0.3, -0.25) is 4.79 Å². The molecular weight excluding hydrogens is 449 g/mol. The zero-order valence-corrected chi connectivity index (χ0v) is 16.4. The number of amides is 1. The van der Waals surface area contributed by atoms with Gasteiger partial charge in [-0.2, -0.15) is 0 Å². The van der Waals surface area contributed by atoms with E-state index in [9.17, 15) is 4.79 Å². The van der Waals surface area contributed by atoms with E-state index in [0.29, 0.717) is 26.8 Å². The Morgan fingerprint density at radius 2 is 2.00 bits per heavy atom. The van der Waals surface area contributed by atoms with E-state index in [4.69, 9.17) is 27.6 Å². The molecule has 0 saturated heterocycles. The molecule has 0 atom stereocenters. The lowest BCUT2D eigenvalue weighted by atomic mass is 10.2. The van der Waals surface area contributed by atoms with Gasteiger partial charge in [0.1, 0.15) is 0 Å². The van der Waals surface area contributed by atoms with Crippen molar-refractivity contribution in [3.8, 4) is 11.5 Å². The Bertz CT molecular complexity index is 920. The maximum atomic E-state index is 12.0. The zero-order valence-electron chi connectivity index (χ0n) is 12.5. The first-order chi connectivity index (χ1) is 12.0. The van der Waals surface area contributed by atoms with Crippen LogP contribution in [0.1, 0.15) is 0 Å². The van der Waals surface area contributed by atoms with Crippen molar-refractivity contribution in [1.82, 2.24) is 10.2 Å². The van der Waals surface area contributed by atoms with Crippen molar-refractivity contribution < 1.29 is 9.21 Å². The molecule has 0 aliphatic carbocycles. The second-order valence-electron chi connectivity index (χ2n) is 4.81. The fraction of sp³-hybridized carbons (Fsp3) is 0.0625. The number of aromatic nitrogens is 2. The minimum atomic E-state index is -0.241. The lowest BCUT2D eigenvalue weighted by Crippen LogP contribution is -2.14. The van der Waals surface area contributed by atoms with Gasteiger partial charge in [0.05, 0.1) is 22.0 Å². The number of anilines is 1. The summed E-state index contributed by atoms with van der Waals surface area (Å²) in [4.78, 5) is 12.0. The maximum Gasteiger partial charge on any atom is 0.277 e. The van der Waals surface area contributed by atoms with Crippen LogP contribution in [0.5, 0.6) is 0 Å². The van der Waals surface area contributed by atoms with Gasteiger partial charge in [-0.1, -0.05) is 47.1 Å². The number of nitrogens with zero attached hydrogens (tertiary/aromatic N) is 2. The molecule has 0 saturated carbocycles. The predicted molar refractivity (Wildman–Crippen MR) is 103 cm³/mol. The van der Waals surface area contributed by atoms with Crippen LogP contribution < -0.4 is 5.32 Å². The van der Waals surface area contributed by atoms with E-state index in [1.807, 2.05) is 24.3 Å². The molecule has 25 heavy (non-hydrogen) atoms. The number of nitrogens with one attached hydrogen (secondary N) is 1. The van der Waals surface area contributed by atoms with Gasteiger partial charge in [0.2, 0.25) is 11.8 Å². The smallest absolute Gasteiger partial charge is 0.277 e. The second-order valence-corrected chi connectivity index (χ2v) is 7.44. The largest absolute Gasteiger partial charge is 0.411 e. The van der Waals surface area contributed by atoms with Gasteiger partial charge in [-0.15, -0.1) is 10.2 Å². The summed E-state index contributed by atoms with van der Waals surface area (Å²) < 4.78 is 6.43. The summed E-state index contributed by atoms with van der Waals surface area (Å²) in [5.41, 5.74) is 1.29. The monoisotopic (exact) mass is 457 g/mol. The predicted octanol–water partition coefficient (Wildman–Crippen LogP) is 5.54. The molecule has 2 aromatic carbocycles. The quantitative estimate of drug-likeness (QED) is 0.508. The molecule has 128 valence electrons. The van der Waals surface area contributed by atoms with Crippen LogP contribution >= 0.6 is 50.9 Å². The lowest BCUT2D eigenvalue weighted by molar-refractivity contribution is -0.113. The standard InChI is InChI=1S/C16H10BrCl2N3O2S/c17-11-4-2-1-3-10(11)15-21-22-16(24-15)25-8-14(23)20-13-6-5-9(18)7-12(13)19/h1-7H,8H2,(H,20,23). The number of halogens is 3. The van der Waals surface area contributed by atoms with Crippen LogP contribution in [0.4, 0.5) is 5.69 Å². The van der Waals surface area contributed by atoms with E-state index < -0.39 is 0 Å². The molecule has 1 aromatic heterocycles. The number of hydrogen-bond donors (Lipinski definition) is 1. The lowest BCUT2D eigenvalue weighted by Gasteiger charge is -2.06. The number of rotatable bonds is 5. The summed E-state index contributed by atoms with van der Waals surface area (Å²) in [6, 6.07) is 12.4. The van der Waals surface area contributed by atoms with Crippen molar-refractivity contribution in [3.63, 3.8) is 0 Å². The average molecular weight is 459 g/mol. The Kier molecular flexibility index (Phi) is 6.01. The second kappa shape index (κ2) is 8.23. The van der Waals surface area contributed by atoms with Crippen LogP contribution in [0.2, 0.25) is 10.0 Å². The molecule has 0 bridgehead atoms. The Hall–Kier alpha value is -1.54. The normalized spacial score (nSPS) is 10.7. The highest BCUT2D eigenvalue weighted by molar-refractivity contribution is 9.10. The third-order valence-electron chi connectivity index (χ3n) is 3.04. The van der Waals surface area contributed by atoms with Gasteiger partial charge in [-0.25, -0.2) is 0 Å². The van der Waals surface area contributed by atoms with Crippen LogP contribution in [-0.2, 0) is 4.79 Å². The number of thioether (sulfide) groups is 1. The van der Waals surface area contributed by atoms with E-state index in [2.05, 4.69) is 31.4 Å². The van der Waals surface area contributed by atoms with Gasteiger partial charge >= 0.3 is 0 Å². The van der Waals surface area contributed by atoms with Gasteiger partial charge in [0.15, 0.2) is 0 Å². The van der Waals surface area contributed by atoms with E-state index in [0.717, 1.165) is 21.8 Å². The molecule has 1 N–H and O–H groups in total. The van der Waals surface area contributed by atoms with Crippen molar-refractivity contribution in [3.05, 3.63) is 57.0 Å². The van der Waals surface area contributed by atoms with E-state index >= 15 is 0 Å². The summed E-state index contributed by atoms with van der Waals surface area (Å²) in [5, 5.41) is 11.8. The molecule has 0 unspecified atom stereocenters. The van der Waals surface area contributed by atoms with E-state index in [1.54, 1.807) is 18.2 Å². The summed E-state index contributed by atoms with van der Waals surface area (Å²) in [6.07, 6.45) is 0. The maximum absolute atomic E-state index is 12.0. The summed E-state index contributed by atoms with van der Waals surface area (Å²) in [7, 11) is 0. The summed E-state index contributed by atoms with van der Waals surface area (Å²) >= 11 is 16.4. The molecule has 1 amide bonds. The highest BCUT2D eigenvalue weighted by Gasteiger charge is 2.13. The Labute approximate surface area is 166 Å². The highest BCUT2D eigenvalue weighted by Crippen LogP contribution is 2.29. The van der Waals surface area contributed by atoms with E-state index in [1.165, 1.54) is 0 Å². The molecule has 0 spiro atoms. The SMILES string of the molecule is O=C(CSc1nnc(-c2ccccc2Br)o1)Nc1ccc(Cl)cc1Cl. The van der Waals surface area contributed by atoms with E-state index in [-0.39, 0.29) is 11.7 Å². The van der Waals surface area contributed by atoms with Crippen LogP contribution in [0, 0.1) is 0 Å². The number of hydrogen-bond acceptors (Lipinski definition) is 5. The van der Waals surface area contributed by atoms with Gasteiger partial charge in [0, 0.05) is 9.50 Å². The number of benzene rings is 2. The zero-order chi connectivity index (χ0) is 17.8.